The van der Waals surface area contributed by atoms with Gasteiger partial charge in [0, 0.05) is 17.1 Å². The lowest BCUT2D eigenvalue weighted by atomic mass is 9.98. The topological polar surface area (TPSA) is 21.6 Å². The number of rotatable bonds is 3. The fraction of sp³-hybridized carbons (Fsp3) is 0.611. The maximum atomic E-state index is 12.9. The molecule has 0 radical (unpaired) electrons. The van der Waals surface area contributed by atoms with Crippen molar-refractivity contribution in [3.8, 4) is 0 Å². The van der Waals surface area contributed by atoms with Crippen LogP contribution in [0.15, 0.2) is 39.9 Å². The van der Waals surface area contributed by atoms with Gasteiger partial charge in [-0.1, -0.05) is 29.8 Å². The predicted molar refractivity (Wildman–Crippen MR) is 97.8 cm³/mol. The minimum Gasteiger partial charge on any atom is -0.372 e. The van der Waals surface area contributed by atoms with Crippen molar-refractivity contribution in [1.29, 1.82) is 0 Å². The van der Waals surface area contributed by atoms with Gasteiger partial charge in [-0.05, 0) is 25.3 Å². The number of hydrogen-bond acceptors (Lipinski definition) is 3. The number of dihydropyridines is 1. The summed E-state index contributed by atoms with van der Waals surface area (Å²) in [5.41, 5.74) is -0.358. The van der Waals surface area contributed by atoms with Crippen molar-refractivity contribution in [1.82, 2.24) is 0 Å². The molecule has 1 saturated heterocycles. The smallest absolute Gasteiger partial charge is 0.372 e. The maximum Gasteiger partial charge on any atom is 0.416 e. The van der Waals surface area contributed by atoms with E-state index in [-0.39, 0.29) is 15.5 Å². The highest BCUT2D eigenvalue weighted by atomic mass is 35.5. The second-order valence-corrected chi connectivity index (χ2v) is 8.78. The lowest BCUT2D eigenvalue weighted by Crippen LogP contribution is -2.37. The number of thioether (sulfide) groups is 1. The molecule has 10 heteroatoms. The Labute approximate surface area is 167 Å². The molecule has 2 aliphatic heterocycles. The summed E-state index contributed by atoms with van der Waals surface area (Å²) in [6, 6.07) is 0. The van der Waals surface area contributed by atoms with Gasteiger partial charge >= 0.3 is 12.4 Å². The quantitative estimate of drug-likeness (QED) is 0.509. The van der Waals surface area contributed by atoms with Crippen LogP contribution >= 0.6 is 23.4 Å². The van der Waals surface area contributed by atoms with Crippen molar-refractivity contribution in [3.63, 3.8) is 0 Å². The van der Waals surface area contributed by atoms with Crippen molar-refractivity contribution in [2.24, 2.45) is 10.9 Å². The maximum absolute atomic E-state index is 12.9. The highest BCUT2D eigenvalue weighted by Gasteiger charge is 2.41. The van der Waals surface area contributed by atoms with E-state index in [1.807, 2.05) is 0 Å². The Morgan fingerprint density at radius 1 is 1.14 bits per heavy atom. The summed E-state index contributed by atoms with van der Waals surface area (Å²) in [5.74, 6) is -1.71. The summed E-state index contributed by atoms with van der Waals surface area (Å²) in [5, 5.41) is -0.364. The molecule has 1 fully saturated rings. The first kappa shape index (κ1) is 21.8. The molecule has 2 heterocycles. The van der Waals surface area contributed by atoms with Crippen LogP contribution in [0.3, 0.4) is 0 Å². The third-order valence-corrected chi connectivity index (χ3v) is 6.55. The molecule has 0 bridgehead atoms. The monoisotopic (exact) mass is 445 g/mol. The van der Waals surface area contributed by atoms with Crippen LogP contribution in [0.4, 0.5) is 26.3 Å². The fourth-order valence-corrected chi connectivity index (χ4v) is 5.10. The molecule has 3 rings (SSSR count). The van der Waals surface area contributed by atoms with Gasteiger partial charge in [-0.2, -0.15) is 38.1 Å². The summed E-state index contributed by atoms with van der Waals surface area (Å²) in [6.45, 7) is -0.0789. The summed E-state index contributed by atoms with van der Waals surface area (Å²) in [4.78, 5) is 4.00. The molecule has 4 unspecified atom stereocenters. The summed E-state index contributed by atoms with van der Waals surface area (Å²) >= 11 is 7.46. The molecule has 4 atom stereocenters. The number of nitrogens with zero attached hydrogens (tertiary/aromatic N) is 1. The van der Waals surface area contributed by atoms with Crippen LogP contribution in [0.25, 0.3) is 0 Å². The lowest BCUT2D eigenvalue weighted by molar-refractivity contribution is -0.158. The van der Waals surface area contributed by atoms with Gasteiger partial charge in [0.05, 0.1) is 28.8 Å². The van der Waals surface area contributed by atoms with E-state index in [9.17, 15) is 26.3 Å². The van der Waals surface area contributed by atoms with Gasteiger partial charge in [0.15, 0.2) is 0 Å². The average Bonchev–Trinajstić information content (AvgIpc) is 2.60. The molecule has 2 nitrogen and oxygen atoms in total. The van der Waals surface area contributed by atoms with Crippen molar-refractivity contribution in [3.05, 3.63) is 34.9 Å². The molecule has 0 amide bonds. The SMILES string of the molecule is FC(F)(F)C1=CC(SC2CCOC(C3=NCC(C(F)(F)F)C=C3Cl)C2)CC=C1. The van der Waals surface area contributed by atoms with E-state index in [0.29, 0.717) is 31.6 Å². The summed E-state index contributed by atoms with van der Waals surface area (Å²) < 4.78 is 82.8. The highest BCUT2D eigenvalue weighted by molar-refractivity contribution is 8.00. The predicted octanol–water partition coefficient (Wildman–Crippen LogP) is 5.84. The zero-order valence-electron chi connectivity index (χ0n) is 14.6. The Kier molecular flexibility index (Phi) is 6.56. The van der Waals surface area contributed by atoms with Crippen LogP contribution in [-0.2, 0) is 4.74 Å². The van der Waals surface area contributed by atoms with Crippen LogP contribution in [0.5, 0.6) is 0 Å². The Balaban J connectivity index is 1.62. The van der Waals surface area contributed by atoms with Crippen LogP contribution in [0.2, 0.25) is 0 Å². The van der Waals surface area contributed by atoms with Gasteiger partial charge in [0.2, 0.25) is 0 Å². The van der Waals surface area contributed by atoms with E-state index < -0.39 is 36.5 Å². The molecule has 0 aromatic heterocycles. The van der Waals surface area contributed by atoms with Gasteiger partial charge in [0.1, 0.15) is 6.10 Å². The van der Waals surface area contributed by atoms with Gasteiger partial charge in [-0.25, -0.2) is 0 Å². The molecule has 0 N–H and O–H groups in total. The molecular weight excluding hydrogens is 428 g/mol. The molecule has 1 aliphatic carbocycles. The first-order valence-electron chi connectivity index (χ1n) is 8.75. The third-order valence-electron chi connectivity index (χ3n) is 4.74. The minimum atomic E-state index is -4.40. The normalized spacial score (nSPS) is 31.9. The molecule has 3 aliphatic rings. The molecular formula is C18H18ClF6NOS. The third kappa shape index (κ3) is 5.36. The van der Waals surface area contributed by atoms with Crippen LogP contribution in [0, 0.1) is 5.92 Å². The van der Waals surface area contributed by atoms with Crippen LogP contribution in [-0.4, -0.2) is 47.8 Å². The van der Waals surface area contributed by atoms with Gasteiger partial charge in [0.25, 0.3) is 0 Å². The Morgan fingerprint density at radius 2 is 1.89 bits per heavy atom. The van der Waals surface area contributed by atoms with Crippen molar-refractivity contribution >= 4 is 29.1 Å². The molecule has 28 heavy (non-hydrogen) atoms. The van der Waals surface area contributed by atoms with E-state index in [1.165, 1.54) is 23.9 Å². The molecule has 0 aromatic carbocycles. The number of ether oxygens (including phenoxy) is 1. The van der Waals surface area contributed by atoms with E-state index in [4.69, 9.17) is 16.3 Å². The Morgan fingerprint density at radius 3 is 2.54 bits per heavy atom. The van der Waals surface area contributed by atoms with Crippen LogP contribution < -0.4 is 0 Å². The molecule has 0 spiro atoms. The van der Waals surface area contributed by atoms with Crippen molar-refractivity contribution in [2.45, 2.75) is 48.2 Å². The lowest BCUT2D eigenvalue weighted by Gasteiger charge is -2.33. The molecule has 0 aromatic rings. The number of halogens is 7. The van der Waals surface area contributed by atoms with Gasteiger partial charge in [-0.3, -0.25) is 4.99 Å². The van der Waals surface area contributed by atoms with Gasteiger partial charge in [-0.15, -0.1) is 0 Å². The van der Waals surface area contributed by atoms with Crippen molar-refractivity contribution < 1.29 is 31.1 Å². The zero-order valence-corrected chi connectivity index (χ0v) is 16.1. The standard InChI is InChI=1S/C18H18ClF6NOS/c19-14-7-11(18(23,24)25)9-26-16(14)15-8-13(4-5-27-15)28-12-3-1-2-10(6-12)17(20,21)22/h1-2,6-7,11-13,15H,3-5,8-9H2. The zero-order chi connectivity index (χ0) is 20.5. The molecule has 0 saturated carbocycles. The number of allylic oxidation sites excluding steroid dienone is 3. The first-order valence-corrected chi connectivity index (χ1v) is 10.1. The second kappa shape index (κ2) is 8.44. The Bertz CT molecular complexity index is 712. The number of alkyl halides is 6. The molecule has 156 valence electrons. The summed E-state index contributed by atoms with van der Waals surface area (Å²) in [7, 11) is 0. The first-order chi connectivity index (χ1) is 13.0. The number of aliphatic imine (C=N–C) groups is 1. The van der Waals surface area contributed by atoms with E-state index in [1.54, 1.807) is 0 Å². The number of hydrogen-bond donors (Lipinski definition) is 0. The minimum absolute atomic E-state index is 0.00786. The van der Waals surface area contributed by atoms with Gasteiger partial charge < -0.3 is 4.74 Å². The van der Waals surface area contributed by atoms with E-state index >= 15 is 0 Å². The van der Waals surface area contributed by atoms with Crippen molar-refractivity contribution in [2.75, 3.05) is 13.2 Å². The summed E-state index contributed by atoms with van der Waals surface area (Å²) in [6.07, 6.45) is -2.95. The average molecular weight is 446 g/mol. The van der Waals surface area contributed by atoms with E-state index in [0.717, 1.165) is 12.2 Å². The largest absolute Gasteiger partial charge is 0.416 e. The van der Waals surface area contributed by atoms with Crippen LogP contribution in [0.1, 0.15) is 19.3 Å². The second-order valence-electron chi connectivity index (χ2n) is 6.83. The fourth-order valence-electron chi connectivity index (χ4n) is 3.31. The Hall–Kier alpha value is -0.930. The highest BCUT2D eigenvalue weighted by Crippen LogP contribution is 2.38. The van der Waals surface area contributed by atoms with E-state index in [2.05, 4.69) is 4.99 Å².